The largest absolute Gasteiger partial charge is 0.352 e. The molecule has 0 radical (unpaired) electrons. The Hall–Kier alpha value is -0.710. The number of carbonyl (C=O) groups is 1. The fourth-order valence-electron chi connectivity index (χ4n) is 3.62. The minimum absolute atomic E-state index is 0. The molecule has 1 aromatic rings. The molecule has 0 aliphatic carbocycles. The summed E-state index contributed by atoms with van der Waals surface area (Å²) in [7, 11) is 0. The van der Waals surface area contributed by atoms with Crippen LogP contribution in [0.4, 0.5) is 0 Å². The molecule has 22 heavy (non-hydrogen) atoms. The Kier molecular flexibility index (Phi) is 6.60. The summed E-state index contributed by atoms with van der Waals surface area (Å²) in [5.41, 5.74) is 1.17. The predicted octanol–water partition coefficient (Wildman–Crippen LogP) is 3.37. The predicted molar refractivity (Wildman–Crippen MR) is 94.6 cm³/mol. The molecule has 2 aliphatic heterocycles. The number of benzene rings is 1. The van der Waals surface area contributed by atoms with Crippen molar-refractivity contribution in [3.05, 3.63) is 29.8 Å². The van der Waals surface area contributed by atoms with Gasteiger partial charge in [-0.3, -0.25) is 4.79 Å². The lowest BCUT2D eigenvalue weighted by Crippen LogP contribution is -2.39. The summed E-state index contributed by atoms with van der Waals surface area (Å²) in [6, 6.07) is 9.74. The second kappa shape index (κ2) is 8.23. The van der Waals surface area contributed by atoms with Crippen molar-refractivity contribution in [2.75, 3.05) is 6.26 Å². The van der Waals surface area contributed by atoms with E-state index in [9.17, 15) is 4.79 Å². The molecule has 1 amide bonds. The van der Waals surface area contributed by atoms with Crippen LogP contribution in [0.3, 0.4) is 0 Å². The Balaban J connectivity index is 0.00000176. The van der Waals surface area contributed by atoms with Gasteiger partial charge in [0.2, 0.25) is 5.91 Å². The monoisotopic (exact) mass is 340 g/mol. The number of amides is 1. The van der Waals surface area contributed by atoms with E-state index in [1.807, 2.05) is 0 Å². The number of halogens is 1. The van der Waals surface area contributed by atoms with Crippen molar-refractivity contribution in [3.63, 3.8) is 0 Å². The zero-order chi connectivity index (χ0) is 14.7. The van der Waals surface area contributed by atoms with Gasteiger partial charge < -0.3 is 10.6 Å². The lowest BCUT2D eigenvalue weighted by atomic mass is 9.89. The van der Waals surface area contributed by atoms with Gasteiger partial charge in [-0.25, -0.2) is 0 Å². The first-order valence-corrected chi connectivity index (χ1v) is 9.11. The molecule has 2 fully saturated rings. The van der Waals surface area contributed by atoms with E-state index in [0.717, 1.165) is 0 Å². The van der Waals surface area contributed by atoms with Gasteiger partial charge >= 0.3 is 0 Å². The number of fused-ring (bicyclic) bond motifs is 2. The van der Waals surface area contributed by atoms with E-state index in [1.54, 1.807) is 11.8 Å². The van der Waals surface area contributed by atoms with Gasteiger partial charge in [-0.05, 0) is 55.6 Å². The molecule has 3 nitrogen and oxygen atoms in total. The molecule has 0 saturated carbocycles. The van der Waals surface area contributed by atoms with Gasteiger partial charge in [0.15, 0.2) is 0 Å². The smallest absolute Gasteiger partial charge is 0.220 e. The zero-order valence-electron chi connectivity index (χ0n) is 13.0. The topological polar surface area (TPSA) is 41.1 Å². The van der Waals surface area contributed by atoms with Crippen LogP contribution >= 0.6 is 24.2 Å². The third kappa shape index (κ3) is 4.64. The highest BCUT2D eigenvalue weighted by Crippen LogP contribution is 2.32. The minimum Gasteiger partial charge on any atom is -0.352 e. The highest BCUT2D eigenvalue weighted by atomic mass is 35.5. The molecule has 3 rings (SSSR count). The molecule has 122 valence electrons. The molecule has 2 heterocycles. The zero-order valence-corrected chi connectivity index (χ0v) is 14.6. The van der Waals surface area contributed by atoms with Gasteiger partial charge in [-0.2, -0.15) is 0 Å². The summed E-state index contributed by atoms with van der Waals surface area (Å²) >= 11 is 1.74. The fraction of sp³-hybridized carbons (Fsp3) is 0.588. The summed E-state index contributed by atoms with van der Waals surface area (Å²) in [6.07, 6.45) is 7.70. The van der Waals surface area contributed by atoms with E-state index in [-0.39, 0.29) is 18.3 Å². The van der Waals surface area contributed by atoms with Crippen LogP contribution in [0, 0.1) is 5.92 Å². The van der Waals surface area contributed by atoms with E-state index in [4.69, 9.17) is 0 Å². The van der Waals surface area contributed by atoms with E-state index in [0.29, 0.717) is 31.0 Å². The van der Waals surface area contributed by atoms with Crippen LogP contribution in [0.5, 0.6) is 0 Å². The molecule has 5 heteroatoms. The molecule has 0 aromatic heterocycles. The van der Waals surface area contributed by atoms with E-state index < -0.39 is 0 Å². The molecule has 0 spiro atoms. The molecule has 2 bridgehead atoms. The number of hydrogen-bond acceptors (Lipinski definition) is 3. The SMILES string of the molecule is CSc1ccc(CNC(=O)CC2CC3CCC(C2)N3)cc1.Cl. The highest BCUT2D eigenvalue weighted by Gasteiger charge is 2.34. The number of piperidine rings is 1. The highest BCUT2D eigenvalue weighted by molar-refractivity contribution is 7.98. The molecule has 2 atom stereocenters. The lowest BCUT2D eigenvalue weighted by molar-refractivity contribution is -0.122. The van der Waals surface area contributed by atoms with Crippen molar-refractivity contribution in [1.82, 2.24) is 10.6 Å². The maximum atomic E-state index is 12.1. The Morgan fingerprint density at radius 3 is 2.45 bits per heavy atom. The van der Waals surface area contributed by atoms with Gasteiger partial charge in [0.05, 0.1) is 0 Å². The summed E-state index contributed by atoms with van der Waals surface area (Å²) in [4.78, 5) is 13.4. The molecular formula is C17H25ClN2OS. The van der Waals surface area contributed by atoms with Crippen LogP contribution < -0.4 is 10.6 Å². The van der Waals surface area contributed by atoms with Gasteiger partial charge in [0, 0.05) is 29.9 Å². The fourth-order valence-corrected chi connectivity index (χ4v) is 4.03. The van der Waals surface area contributed by atoms with Gasteiger partial charge in [0.1, 0.15) is 0 Å². The molecule has 1 aromatic carbocycles. The third-order valence-corrected chi connectivity index (χ3v) is 5.44. The Morgan fingerprint density at radius 2 is 1.86 bits per heavy atom. The molecule has 2 N–H and O–H groups in total. The van der Waals surface area contributed by atoms with E-state index in [2.05, 4.69) is 41.2 Å². The average molecular weight is 341 g/mol. The average Bonchev–Trinajstić information content (AvgIpc) is 2.84. The van der Waals surface area contributed by atoms with Crippen LogP contribution in [0.25, 0.3) is 0 Å². The first kappa shape index (κ1) is 17.6. The maximum Gasteiger partial charge on any atom is 0.220 e. The van der Waals surface area contributed by atoms with Crippen molar-refractivity contribution >= 4 is 30.1 Å². The van der Waals surface area contributed by atoms with Crippen molar-refractivity contribution in [2.45, 2.75) is 55.6 Å². The number of carbonyl (C=O) groups excluding carboxylic acids is 1. The second-order valence-corrected chi connectivity index (χ2v) is 7.18. The Morgan fingerprint density at radius 1 is 1.23 bits per heavy atom. The Bertz CT molecular complexity index is 482. The number of thioether (sulfide) groups is 1. The summed E-state index contributed by atoms with van der Waals surface area (Å²) in [5.74, 6) is 0.776. The standard InChI is InChI=1S/C17H24N2OS.ClH/c1-21-16-6-2-12(3-7-16)11-18-17(20)10-13-8-14-4-5-15(9-13)19-14;/h2-3,6-7,13-15,19H,4-5,8-11H2,1H3,(H,18,20);1H. The van der Waals surface area contributed by atoms with Gasteiger partial charge in [-0.15, -0.1) is 24.2 Å². The number of hydrogen-bond donors (Lipinski definition) is 2. The van der Waals surface area contributed by atoms with Crippen molar-refractivity contribution in [3.8, 4) is 0 Å². The minimum atomic E-state index is 0. The lowest BCUT2D eigenvalue weighted by Gasteiger charge is -2.28. The van der Waals surface area contributed by atoms with Crippen LogP contribution in [0.15, 0.2) is 29.2 Å². The first-order valence-electron chi connectivity index (χ1n) is 7.88. The van der Waals surface area contributed by atoms with Crippen LogP contribution in [-0.4, -0.2) is 24.2 Å². The summed E-state index contributed by atoms with van der Waals surface area (Å²) < 4.78 is 0. The summed E-state index contributed by atoms with van der Waals surface area (Å²) in [5, 5.41) is 6.70. The van der Waals surface area contributed by atoms with Gasteiger partial charge in [0.25, 0.3) is 0 Å². The molecule has 2 unspecified atom stereocenters. The second-order valence-electron chi connectivity index (χ2n) is 6.30. The number of rotatable bonds is 5. The number of nitrogens with one attached hydrogen (secondary N) is 2. The van der Waals surface area contributed by atoms with Crippen molar-refractivity contribution in [1.29, 1.82) is 0 Å². The summed E-state index contributed by atoms with van der Waals surface area (Å²) in [6.45, 7) is 0.644. The van der Waals surface area contributed by atoms with Crippen molar-refractivity contribution < 1.29 is 4.79 Å². The van der Waals surface area contributed by atoms with E-state index >= 15 is 0 Å². The van der Waals surface area contributed by atoms with E-state index in [1.165, 1.54) is 36.1 Å². The van der Waals surface area contributed by atoms with Gasteiger partial charge in [-0.1, -0.05) is 12.1 Å². The van der Waals surface area contributed by atoms with Crippen LogP contribution in [0.1, 0.15) is 37.7 Å². The third-order valence-electron chi connectivity index (χ3n) is 4.69. The van der Waals surface area contributed by atoms with Crippen molar-refractivity contribution in [2.24, 2.45) is 5.92 Å². The maximum absolute atomic E-state index is 12.1. The molecular weight excluding hydrogens is 316 g/mol. The quantitative estimate of drug-likeness (QED) is 0.807. The van der Waals surface area contributed by atoms with Crippen LogP contribution in [-0.2, 0) is 11.3 Å². The Labute approximate surface area is 143 Å². The van der Waals surface area contributed by atoms with Crippen LogP contribution in [0.2, 0.25) is 0 Å². The molecule has 2 aliphatic rings. The molecule has 2 saturated heterocycles. The first-order chi connectivity index (χ1) is 10.2. The normalized spacial score (nSPS) is 26.3.